The zero-order chi connectivity index (χ0) is 20.8. The number of hydrogen-bond donors (Lipinski definition) is 1. The molecule has 0 saturated carbocycles. The number of ether oxygens (including phenoxy) is 1. The maximum atomic E-state index is 12.9. The van der Waals surface area contributed by atoms with Crippen LogP contribution < -0.4 is 5.32 Å². The molecule has 1 aliphatic heterocycles. The first kappa shape index (κ1) is 20.5. The predicted molar refractivity (Wildman–Crippen MR) is 112 cm³/mol. The van der Waals surface area contributed by atoms with Crippen LogP contribution in [0.1, 0.15) is 23.0 Å². The number of benzene rings is 2. The number of aromatic nitrogens is 4. The van der Waals surface area contributed by atoms with Crippen molar-refractivity contribution in [1.82, 2.24) is 30.4 Å². The number of hydrogen-bond acceptors (Lipinski definition) is 6. The molecular weight excluding hydrogens is 404 g/mol. The SMILES string of the molecule is O=C(Cn1nnnc1CN1CCOCC1)NC(c1ccccc1)c1ccc(Cl)cc1. The molecule has 3 aromatic rings. The van der Waals surface area contributed by atoms with Gasteiger partial charge < -0.3 is 10.1 Å². The summed E-state index contributed by atoms with van der Waals surface area (Å²) < 4.78 is 6.93. The Morgan fingerprint density at radius 2 is 1.77 bits per heavy atom. The Bertz CT molecular complexity index is 957. The van der Waals surface area contributed by atoms with Gasteiger partial charge in [0.25, 0.3) is 0 Å². The first-order valence-electron chi connectivity index (χ1n) is 9.84. The highest BCUT2D eigenvalue weighted by Gasteiger charge is 2.20. The van der Waals surface area contributed by atoms with Crippen LogP contribution in [0.2, 0.25) is 5.02 Å². The van der Waals surface area contributed by atoms with E-state index in [2.05, 4.69) is 25.7 Å². The Hall–Kier alpha value is -2.81. The molecule has 9 heteroatoms. The maximum Gasteiger partial charge on any atom is 0.242 e. The highest BCUT2D eigenvalue weighted by Crippen LogP contribution is 2.23. The monoisotopic (exact) mass is 426 g/mol. The van der Waals surface area contributed by atoms with Gasteiger partial charge in [0.1, 0.15) is 6.54 Å². The van der Waals surface area contributed by atoms with Crippen molar-refractivity contribution in [3.8, 4) is 0 Å². The lowest BCUT2D eigenvalue weighted by Crippen LogP contribution is -2.37. The number of tetrazole rings is 1. The van der Waals surface area contributed by atoms with E-state index in [4.69, 9.17) is 16.3 Å². The van der Waals surface area contributed by atoms with Crippen molar-refractivity contribution in [2.75, 3.05) is 26.3 Å². The average molecular weight is 427 g/mol. The van der Waals surface area contributed by atoms with Crippen molar-refractivity contribution in [2.45, 2.75) is 19.1 Å². The van der Waals surface area contributed by atoms with Gasteiger partial charge in [-0.1, -0.05) is 54.1 Å². The van der Waals surface area contributed by atoms with Gasteiger partial charge in [-0.2, -0.15) is 0 Å². The molecule has 1 aliphatic rings. The number of nitrogens with zero attached hydrogens (tertiary/aromatic N) is 5. The number of carbonyl (C=O) groups excluding carboxylic acids is 1. The van der Waals surface area contributed by atoms with Crippen LogP contribution in [0.4, 0.5) is 0 Å². The lowest BCUT2D eigenvalue weighted by molar-refractivity contribution is -0.122. The number of rotatable bonds is 7. The normalized spacial score (nSPS) is 15.6. The fraction of sp³-hybridized carbons (Fsp3) is 0.333. The molecule has 2 heterocycles. The van der Waals surface area contributed by atoms with E-state index < -0.39 is 0 Å². The lowest BCUT2D eigenvalue weighted by Gasteiger charge is -2.25. The second-order valence-corrected chi connectivity index (χ2v) is 7.54. The number of carbonyl (C=O) groups is 1. The number of morpholine rings is 1. The first-order chi connectivity index (χ1) is 14.7. The van der Waals surface area contributed by atoms with Crippen molar-refractivity contribution in [3.05, 3.63) is 76.6 Å². The highest BCUT2D eigenvalue weighted by atomic mass is 35.5. The largest absolute Gasteiger partial charge is 0.379 e. The van der Waals surface area contributed by atoms with E-state index in [0.29, 0.717) is 30.6 Å². The van der Waals surface area contributed by atoms with Crippen LogP contribution in [-0.2, 0) is 22.6 Å². The molecule has 8 nitrogen and oxygen atoms in total. The summed E-state index contributed by atoms with van der Waals surface area (Å²) in [5, 5.41) is 15.6. The Morgan fingerprint density at radius 1 is 1.07 bits per heavy atom. The van der Waals surface area contributed by atoms with E-state index in [-0.39, 0.29) is 18.5 Å². The fourth-order valence-electron chi connectivity index (χ4n) is 3.42. The van der Waals surface area contributed by atoms with Crippen molar-refractivity contribution in [1.29, 1.82) is 0 Å². The third-order valence-corrected chi connectivity index (χ3v) is 5.26. The smallest absolute Gasteiger partial charge is 0.242 e. The molecule has 0 aliphatic carbocycles. The minimum atomic E-state index is -0.296. The third-order valence-electron chi connectivity index (χ3n) is 5.01. The fourth-order valence-corrected chi connectivity index (χ4v) is 3.55. The molecule has 1 amide bonds. The van der Waals surface area contributed by atoms with E-state index in [1.807, 2.05) is 54.6 Å². The van der Waals surface area contributed by atoms with Crippen molar-refractivity contribution < 1.29 is 9.53 Å². The van der Waals surface area contributed by atoms with Crippen molar-refractivity contribution in [2.24, 2.45) is 0 Å². The molecule has 0 spiro atoms. The quantitative estimate of drug-likeness (QED) is 0.622. The molecule has 0 radical (unpaired) electrons. The average Bonchev–Trinajstić information content (AvgIpc) is 3.20. The van der Waals surface area contributed by atoms with Crippen LogP contribution in [-0.4, -0.2) is 57.3 Å². The van der Waals surface area contributed by atoms with Crippen LogP contribution in [0, 0.1) is 0 Å². The molecule has 1 unspecified atom stereocenters. The van der Waals surface area contributed by atoms with Gasteiger partial charge in [0, 0.05) is 18.1 Å². The second kappa shape index (κ2) is 9.80. The van der Waals surface area contributed by atoms with E-state index in [9.17, 15) is 4.79 Å². The van der Waals surface area contributed by atoms with Crippen LogP contribution in [0.3, 0.4) is 0 Å². The van der Waals surface area contributed by atoms with Crippen molar-refractivity contribution >= 4 is 17.5 Å². The van der Waals surface area contributed by atoms with Crippen LogP contribution in [0.25, 0.3) is 0 Å². The van der Waals surface area contributed by atoms with Gasteiger partial charge in [0.15, 0.2) is 5.82 Å². The zero-order valence-corrected chi connectivity index (χ0v) is 17.2. The molecule has 1 fully saturated rings. The van der Waals surface area contributed by atoms with Crippen LogP contribution in [0.5, 0.6) is 0 Å². The predicted octanol–water partition coefficient (Wildman–Crippen LogP) is 2.06. The summed E-state index contributed by atoms with van der Waals surface area (Å²) in [6, 6.07) is 17.0. The molecule has 156 valence electrons. The number of halogens is 1. The summed E-state index contributed by atoms with van der Waals surface area (Å²) in [6.45, 7) is 3.67. The summed E-state index contributed by atoms with van der Waals surface area (Å²) >= 11 is 6.04. The molecule has 1 aromatic heterocycles. The van der Waals surface area contributed by atoms with Gasteiger partial charge in [-0.05, 0) is 33.7 Å². The molecular formula is C21H23ClN6O2. The van der Waals surface area contributed by atoms with Gasteiger partial charge >= 0.3 is 0 Å². The van der Waals surface area contributed by atoms with Crippen LogP contribution in [0.15, 0.2) is 54.6 Å². The standard InChI is InChI=1S/C21H23ClN6O2/c22-18-8-6-17(7-9-18)21(16-4-2-1-3-5-16)23-20(29)15-28-19(24-25-26-28)14-27-10-12-30-13-11-27/h1-9,21H,10-15H2,(H,23,29). The minimum Gasteiger partial charge on any atom is -0.379 e. The lowest BCUT2D eigenvalue weighted by atomic mass is 9.99. The topological polar surface area (TPSA) is 85.2 Å². The summed E-state index contributed by atoms with van der Waals surface area (Å²) in [5.74, 6) is 0.490. The minimum absolute atomic E-state index is 0.0452. The Balaban J connectivity index is 1.47. The molecule has 1 atom stereocenters. The maximum absolute atomic E-state index is 12.9. The van der Waals surface area contributed by atoms with Crippen molar-refractivity contribution in [3.63, 3.8) is 0 Å². The highest BCUT2D eigenvalue weighted by molar-refractivity contribution is 6.30. The van der Waals surface area contributed by atoms with Gasteiger partial charge in [0.05, 0.1) is 25.8 Å². The van der Waals surface area contributed by atoms with Gasteiger partial charge in [-0.25, -0.2) is 4.68 Å². The molecule has 0 bridgehead atoms. The summed E-state index contributed by atoms with van der Waals surface area (Å²) in [5.41, 5.74) is 1.93. The van der Waals surface area contributed by atoms with Crippen LogP contribution >= 0.6 is 11.6 Å². The molecule has 30 heavy (non-hydrogen) atoms. The van der Waals surface area contributed by atoms with E-state index >= 15 is 0 Å². The van der Waals surface area contributed by atoms with E-state index in [1.54, 1.807) is 4.68 Å². The van der Waals surface area contributed by atoms with E-state index in [0.717, 1.165) is 24.2 Å². The Labute approximate surface area is 179 Å². The summed E-state index contributed by atoms with van der Waals surface area (Å²) in [6.07, 6.45) is 0. The van der Waals surface area contributed by atoms with Gasteiger partial charge in [-0.3, -0.25) is 9.69 Å². The number of nitrogens with one attached hydrogen (secondary N) is 1. The third kappa shape index (κ3) is 5.21. The summed E-state index contributed by atoms with van der Waals surface area (Å²) in [4.78, 5) is 15.1. The molecule has 4 rings (SSSR count). The second-order valence-electron chi connectivity index (χ2n) is 7.10. The van der Waals surface area contributed by atoms with Gasteiger partial charge in [0.2, 0.25) is 5.91 Å². The van der Waals surface area contributed by atoms with E-state index in [1.165, 1.54) is 0 Å². The number of amides is 1. The summed E-state index contributed by atoms with van der Waals surface area (Å²) in [7, 11) is 0. The molecule has 1 N–H and O–H groups in total. The van der Waals surface area contributed by atoms with Gasteiger partial charge in [-0.15, -0.1) is 5.10 Å². The Morgan fingerprint density at radius 3 is 2.50 bits per heavy atom. The molecule has 1 saturated heterocycles. The first-order valence-corrected chi connectivity index (χ1v) is 10.2. The Kier molecular flexibility index (Phi) is 6.68. The molecule has 2 aromatic carbocycles. The zero-order valence-electron chi connectivity index (χ0n) is 16.4.